The van der Waals surface area contributed by atoms with Gasteiger partial charge in [0, 0.05) is 10.2 Å². The fourth-order valence-electron chi connectivity index (χ4n) is 2.11. The summed E-state index contributed by atoms with van der Waals surface area (Å²) in [5.74, 6) is -0.991. The van der Waals surface area contributed by atoms with Gasteiger partial charge < -0.3 is 5.32 Å². The third-order valence-electron chi connectivity index (χ3n) is 3.16. The van der Waals surface area contributed by atoms with E-state index >= 15 is 0 Å². The van der Waals surface area contributed by atoms with Crippen molar-refractivity contribution >= 4 is 27.5 Å². The van der Waals surface area contributed by atoms with E-state index < -0.39 is 11.7 Å². The lowest BCUT2D eigenvalue weighted by atomic mass is 9.86. The summed E-state index contributed by atoms with van der Waals surface area (Å²) in [7, 11) is 0. The highest BCUT2D eigenvalue weighted by molar-refractivity contribution is 9.10. The van der Waals surface area contributed by atoms with Gasteiger partial charge in [-0.25, -0.2) is 4.39 Å². The molecular weight excluding hydrogens is 333 g/mol. The molecule has 0 fully saturated rings. The van der Waals surface area contributed by atoms with Crippen LogP contribution in [0.5, 0.6) is 0 Å². The van der Waals surface area contributed by atoms with Crippen molar-refractivity contribution in [2.45, 2.75) is 26.2 Å². The van der Waals surface area contributed by atoms with Crippen LogP contribution in [0, 0.1) is 5.82 Å². The van der Waals surface area contributed by atoms with Crippen molar-refractivity contribution in [3.63, 3.8) is 0 Å². The third-order valence-corrected chi connectivity index (χ3v) is 3.65. The molecule has 2 aromatic rings. The van der Waals surface area contributed by atoms with Crippen molar-refractivity contribution in [3.8, 4) is 0 Å². The molecule has 2 rings (SSSR count). The van der Waals surface area contributed by atoms with Crippen LogP contribution in [0.15, 0.2) is 46.9 Å². The molecule has 0 radical (unpaired) electrons. The number of hydrogen-bond acceptors (Lipinski definition) is 1. The van der Waals surface area contributed by atoms with Crippen LogP contribution in [0.25, 0.3) is 0 Å². The van der Waals surface area contributed by atoms with E-state index in [9.17, 15) is 9.18 Å². The molecule has 4 heteroatoms. The van der Waals surface area contributed by atoms with E-state index in [1.165, 1.54) is 12.1 Å². The Morgan fingerprint density at radius 1 is 1.14 bits per heavy atom. The van der Waals surface area contributed by atoms with Crippen molar-refractivity contribution in [1.29, 1.82) is 0 Å². The van der Waals surface area contributed by atoms with Gasteiger partial charge in [-0.2, -0.15) is 0 Å². The molecule has 0 saturated heterocycles. The lowest BCUT2D eigenvalue weighted by Crippen LogP contribution is -2.19. The van der Waals surface area contributed by atoms with Gasteiger partial charge in [-0.3, -0.25) is 4.79 Å². The van der Waals surface area contributed by atoms with Gasteiger partial charge in [0.25, 0.3) is 5.91 Å². The Bertz CT molecular complexity index is 677. The SMILES string of the molecule is CC(C)(C)c1ccccc1NC(=O)c1cc(Br)ccc1F. The minimum absolute atomic E-state index is 0.0214. The lowest BCUT2D eigenvalue weighted by molar-refractivity contribution is 0.102. The predicted molar refractivity (Wildman–Crippen MR) is 87.2 cm³/mol. The molecule has 1 amide bonds. The Morgan fingerprint density at radius 3 is 2.48 bits per heavy atom. The molecule has 2 aromatic carbocycles. The number of halogens is 2. The van der Waals surface area contributed by atoms with Crippen molar-refractivity contribution in [1.82, 2.24) is 0 Å². The Kier molecular flexibility index (Phi) is 4.47. The summed E-state index contributed by atoms with van der Waals surface area (Å²) >= 11 is 3.25. The lowest BCUT2D eigenvalue weighted by Gasteiger charge is -2.23. The highest BCUT2D eigenvalue weighted by Crippen LogP contribution is 2.29. The molecule has 0 atom stereocenters. The molecule has 0 aliphatic rings. The van der Waals surface area contributed by atoms with Crippen LogP contribution in [-0.4, -0.2) is 5.91 Å². The molecule has 0 bridgehead atoms. The standard InChI is InChI=1S/C17H17BrFNO/c1-17(2,3)13-6-4-5-7-15(13)20-16(21)12-10-11(18)8-9-14(12)19/h4-10H,1-3H3,(H,20,21). The first-order valence-electron chi connectivity index (χ1n) is 6.65. The van der Waals surface area contributed by atoms with Crippen LogP contribution in [-0.2, 0) is 5.41 Å². The summed E-state index contributed by atoms with van der Waals surface area (Å²) in [6, 6.07) is 11.9. The fraction of sp³-hybridized carbons (Fsp3) is 0.235. The van der Waals surface area contributed by atoms with E-state index in [1.54, 1.807) is 6.07 Å². The van der Waals surface area contributed by atoms with Gasteiger partial charge >= 0.3 is 0 Å². The van der Waals surface area contributed by atoms with Gasteiger partial charge in [-0.1, -0.05) is 54.9 Å². The first-order valence-corrected chi connectivity index (χ1v) is 7.44. The van der Waals surface area contributed by atoms with Crippen LogP contribution in [0.1, 0.15) is 36.7 Å². The average Bonchev–Trinajstić information content (AvgIpc) is 2.41. The number of rotatable bonds is 2. The van der Waals surface area contributed by atoms with Gasteiger partial charge in [0.1, 0.15) is 5.82 Å². The van der Waals surface area contributed by atoms with Gasteiger partial charge in [0.15, 0.2) is 0 Å². The summed E-state index contributed by atoms with van der Waals surface area (Å²) in [5, 5.41) is 2.80. The third kappa shape index (κ3) is 3.70. The van der Waals surface area contributed by atoms with Gasteiger partial charge in [0.2, 0.25) is 0 Å². The van der Waals surface area contributed by atoms with Gasteiger partial charge in [-0.15, -0.1) is 0 Å². The molecule has 0 aromatic heterocycles. The normalized spacial score (nSPS) is 11.3. The zero-order chi connectivity index (χ0) is 15.6. The molecule has 1 N–H and O–H groups in total. The second-order valence-corrected chi connectivity index (χ2v) is 6.79. The number of amides is 1. The minimum atomic E-state index is -0.538. The number of hydrogen-bond donors (Lipinski definition) is 1. The summed E-state index contributed by atoms with van der Waals surface area (Å²) in [5.41, 5.74) is 1.62. The van der Waals surface area contributed by atoms with E-state index in [0.29, 0.717) is 10.2 Å². The Labute approximate surface area is 132 Å². The number of benzene rings is 2. The molecule has 0 unspecified atom stereocenters. The molecule has 0 aliphatic heterocycles. The molecular formula is C17H17BrFNO. The summed E-state index contributed by atoms with van der Waals surface area (Å²) in [6.45, 7) is 6.20. The molecule has 0 aliphatic carbocycles. The second-order valence-electron chi connectivity index (χ2n) is 5.87. The summed E-state index contributed by atoms with van der Waals surface area (Å²) < 4.78 is 14.4. The molecule has 110 valence electrons. The molecule has 0 spiro atoms. The van der Waals surface area contributed by atoms with E-state index in [2.05, 4.69) is 42.0 Å². The van der Waals surface area contributed by atoms with Crippen molar-refractivity contribution in [2.75, 3.05) is 5.32 Å². The van der Waals surface area contributed by atoms with E-state index in [0.717, 1.165) is 5.56 Å². The number of carbonyl (C=O) groups is 1. The number of anilines is 1. The van der Waals surface area contributed by atoms with Crippen LogP contribution in [0.3, 0.4) is 0 Å². The quantitative estimate of drug-likeness (QED) is 0.799. The Balaban J connectivity index is 2.35. The van der Waals surface area contributed by atoms with E-state index in [1.807, 2.05) is 24.3 Å². The second kappa shape index (κ2) is 5.98. The van der Waals surface area contributed by atoms with Crippen LogP contribution in [0.2, 0.25) is 0 Å². The zero-order valence-electron chi connectivity index (χ0n) is 12.2. The van der Waals surface area contributed by atoms with Crippen LogP contribution >= 0.6 is 15.9 Å². The molecule has 21 heavy (non-hydrogen) atoms. The van der Waals surface area contributed by atoms with E-state index in [-0.39, 0.29) is 11.0 Å². The maximum absolute atomic E-state index is 13.8. The van der Waals surface area contributed by atoms with E-state index in [4.69, 9.17) is 0 Å². The fourth-order valence-corrected chi connectivity index (χ4v) is 2.47. The molecule has 0 heterocycles. The minimum Gasteiger partial charge on any atom is -0.322 e. The smallest absolute Gasteiger partial charge is 0.258 e. The average molecular weight is 350 g/mol. The molecule has 2 nitrogen and oxygen atoms in total. The number of nitrogens with one attached hydrogen (secondary N) is 1. The highest BCUT2D eigenvalue weighted by atomic mass is 79.9. The van der Waals surface area contributed by atoms with Crippen LogP contribution < -0.4 is 5.32 Å². The van der Waals surface area contributed by atoms with Crippen molar-refractivity contribution in [2.24, 2.45) is 0 Å². The van der Waals surface area contributed by atoms with Crippen molar-refractivity contribution in [3.05, 3.63) is 63.9 Å². The first kappa shape index (κ1) is 15.7. The van der Waals surface area contributed by atoms with Crippen molar-refractivity contribution < 1.29 is 9.18 Å². The highest BCUT2D eigenvalue weighted by Gasteiger charge is 2.20. The number of carbonyl (C=O) groups excluding carboxylic acids is 1. The number of para-hydroxylation sites is 1. The monoisotopic (exact) mass is 349 g/mol. The predicted octanol–water partition coefficient (Wildman–Crippen LogP) is 5.14. The van der Waals surface area contributed by atoms with Crippen LogP contribution in [0.4, 0.5) is 10.1 Å². The Hall–Kier alpha value is -1.68. The van der Waals surface area contributed by atoms with Gasteiger partial charge in [-0.05, 0) is 35.2 Å². The van der Waals surface area contributed by atoms with Gasteiger partial charge in [0.05, 0.1) is 5.56 Å². The summed E-state index contributed by atoms with van der Waals surface area (Å²) in [6.07, 6.45) is 0. The topological polar surface area (TPSA) is 29.1 Å². The Morgan fingerprint density at radius 2 is 1.81 bits per heavy atom. The maximum atomic E-state index is 13.8. The zero-order valence-corrected chi connectivity index (χ0v) is 13.8. The largest absolute Gasteiger partial charge is 0.322 e. The summed E-state index contributed by atoms with van der Waals surface area (Å²) in [4.78, 5) is 12.3. The molecule has 0 saturated carbocycles. The first-order chi connectivity index (χ1) is 9.79. The maximum Gasteiger partial charge on any atom is 0.258 e.